The Morgan fingerprint density at radius 2 is 2.00 bits per heavy atom. The van der Waals surface area contributed by atoms with Crippen LogP contribution >= 0.6 is 0 Å². The van der Waals surface area contributed by atoms with Crippen LogP contribution in [0.25, 0.3) is 0 Å². The lowest BCUT2D eigenvalue weighted by atomic mass is 10.2. The predicted octanol–water partition coefficient (Wildman–Crippen LogP) is 1.93. The van der Waals surface area contributed by atoms with Crippen molar-refractivity contribution in [3.63, 3.8) is 0 Å². The maximum Gasteiger partial charge on any atom is 0.239 e. The van der Waals surface area contributed by atoms with Crippen molar-refractivity contribution >= 4 is 11.6 Å². The molecule has 15 heavy (non-hydrogen) atoms. The molecule has 0 spiro atoms. The Morgan fingerprint density at radius 1 is 1.33 bits per heavy atom. The van der Waals surface area contributed by atoms with Gasteiger partial charge in [-0.3, -0.25) is 4.79 Å². The van der Waals surface area contributed by atoms with Crippen LogP contribution in [0.4, 0.5) is 5.69 Å². The molecule has 0 aliphatic rings. The van der Waals surface area contributed by atoms with Crippen molar-refractivity contribution in [1.82, 2.24) is 5.32 Å². The maximum absolute atomic E-state index is 11.4. The van der Waals surface area contributed by atoms with Gasteiger partial charge in [0.25, 0.3) is 0 Å². The van der Waals surface area contributed by atoms with E-state index in [1.54, 1.807) is 0 Å². The maximum atomic E-state index is 11.4. The van der Waals surface area contributed by atoms with Crippen LogP contribution in [0.3, 0.4) is 0 Å². The van der Waals surface area contributed by atoms with Gasteiger partial charge in [0.2, 0.25) is 5.91 Å². The molecular formula is C12H18N2O. The predicted molar refractivity (Wildman–Crippen MR) is 62.9 cm³/mol. The number of carbonyl (C=O) groups is 1. The van der Waals surface area contributed by atoms with E-state index >= 15 is 0 Å². The smallest absolute Gasteiger partial charge is 0.239 e. The third-order valence-corrected chi connectivity index (χ3v) is 2.03. The van der Waals surface area contributed by atoms with Gasteiger partial charge in [-0.1, -0.05) is 18.2 Å². The minimum absolute atomic E-state index is 0.0215. The summed E-state index contributed by atoms with van der Waals surface area (Å²) in [5, 5.41) is 5.94. The summed E-state index contributed by atoms with van der Waals surface area (Å²) in [6.45, 7) is 6.24. The Balaban J connectivity index is 2.44. The van der Waals surface area contributed by atoms with E-state index in [0.29, 0.717) is 6.54 Å². The first-order valence-electron chi connectivity index (χ1n) is 5.18. The number of amides is 1. The molecule has 1 aromatic carbocycles. The van der Waals surface area contributed by atoms with Crippen molar-refractivity contribution in [2.24, 2.45) is 0 Å². The summed E-state index contributed by atoms with van der Waals surface area (Å²) >= 11 is 0. The van der Waals surface area contributed by atoms with Crippen molar-refractivity contribution < 1.29 is 4.79 Å². The number of hydrogen-bond donors (Lipinski definition) is 2. The van der Waals surface area contributed by atoms with Crippen LogP contribution in [0.1, 0.15) is 19.4 Å². The SMILES string of the molecule is Cc1ccccc1NCC(=O)NC(C)C. The molecule has 2 N–H and O–H groups in total. The average Bonchev–Trinajstić information content (AvgIpc) is 2.15. The molecule has 0 bridgehead atoms. The molecule has 0 aliphatic carbocycles. The number of hydrogen-bond acceptors (Lipinski definition) is 2. The van der Waals surface area contributed by atoms with E-state index in [1.165, 1.54) is 0 Å². The number of anilines is 1. The summed E-state index contributed by atoms with van der Waals surface area (Å²) in [6, 6.07) is 8.11. The standard InChI is InChI=1S/C12H18N2O/c1-9(2)14-12(15)8-13-11-7-5-4-6-10(11)3/h4-7,9,13H,8H2,1-3H3,(H,14,15). The molecule has 0 radical (unpaired) electrons. The number of carbonyl (C=O) groups excluding carboxylic acids is 1. The summed E-state index contributed by atoms with van der Waals surface area (Å²) in [5.74, 6) is 0.0215. The molecule has 1 amide bonds. The van der Waals surface area contributed by atoms with Crippen LogP contribution in [0, 0.1) is 6.92 Å². The van der Waals surface area contributed by atoms with Crippen LogP contribution in [0.5, 0.6) is 0 Å². The van der Waals surface area contributed by atoms with Crippen LogP contribution in [0.2, 0.25) is 0 Å². The zero-order valence-electron chi connectivity index (χ0n) is 9.50. The van der Waals surface area contributed by atoms with Gasteiger partial charge in [-0.25, -0.2) is 0 Å². The fourth-order valence-electron chi connectivity index (χ4n) is 1.32. The molecule has 0 saturated heterocycles. The largest absolute Gasteiger partial charge is 0.376 e. The summed E-state index contributed by atoms with van der Waals surface area (Å²) in [5.41, 5.74) is 2.16. The molecule has 0 aliphatic heterocycles. The molecule has 0 atom stereocenters. The number of rotatable bonds is 4. The van der Waals surface area contributed by atoms with Gasteiger partial charge in [-0.2, -0.15) is 0 Å². The molecule has 0 unspecified atom stereocenters. The normalized spacial score (nSPS) is 10.1. The Kier molecular flexibility index (Phi) is 4.16. The van der Waals surface area contributed by atoms with E-state index in [4.69, 9.17) is 0 Å². The van der Waals surface area contributed by atoms with Crippen molar-refractivity contribution in [3.8, 4) is 0 Å². The van der Waals surface area contributed by atoms with Gasteiger partial charge in [0.05, 0.1) is 6.54 Å². The summed E-state index contributed by atoms with van der Waals surface area (Å²) in [4.78, 5) is 11.4. The zero-order valence-corrected chi connectivity index (χ0v) is 9.50. The number of nitrogens with one attached hydrogen (secondary N) is 2. The number of aryl methyl sites for hydroxylation is 1. The minimum atomic E-state index is 0.0215. The first-order chi connectivity index (χ1) is 7.09. The van der Waals surface area contributed by atoms with Crippen molar-refractivity contribution in [2.75, 3.05) is 11.9 Å². The molecule has 82 valence electrons. The van der Waals surface area contributed by atoms with Crippen LogP contribution in [-0.2, 0) is 4.79 Å². The van der Waals surface area contributed by atoms with E-state index in [-0.39, 0.29) is 11.9 Å². The average molecular weight is 206 g/mol. The quantitative estimate of drug-likeness (QED) is 0.790. The summed E-state index contributed by atoms with van der Waals surface area (Å²) < 4.78 is 0. The van der Waals surface area contributed by atoms with Gasteiger partial charge in [0, 0.05) is 11.7 Å². The molecule has 0 heterocycles. The lowest BCUT2D eigenvalue weighted by Crippen LogP contribution is -2.34. The lowest BCUT2D eigenvalue weighted by Gasteiger charge is -2.11. The highest BCUT2D eigenvalue weighted by molar-refractivity contribution is 5.81. The monoisotopic (exact) mass is 206 g/mol. The van der Waals surface area contributed by atoms with Gasteiger partial charge in [0.15, 0.2) is 0 Å². The number of para-hydroxylation sites is 1. The topological polar surface area (TPSA) is 41.1 Å². The highest BCUT2D eigenvalue weighted by atomic mass is 16.1. The fraction of sp³-hybridized carbons (Fsp3) is 0.417. The lowest BCUT2D eigenvalue weighted by molar-refractivity contribution is -0.119. The summed E-state index contributed by atoms with van der Waals surface area (Å²) in [7, 11) is 0. The second kappa shape index (κ2) is 5.39. The molecule has 0 aromatic heterocycles. The zero-order chi connectivity index (χ0) is 11.3. The highest BCUT2D eigenvalue weighted by Crippen LogP contribution is 2.12. The fourth-order valence-corrected chi connectivity index (χ4v) is 1.32. The van der Waals surface area contributed by atoms with E-state index in [1.807, 2.05) is 45.0 Å². The molecule has 1 aromatic rings. The van der Waals surface area contributed by atoms with Crippen LogP contribution < -0.4 is 10.6 Å². The molecular weight excluding hydrogens is 188 g/mol. The minimum Gasteiger partial charge on any atom is -0.376 e. The first-order valence-corrected chi connectivity index (χ1v) is 5.18. The van der Waals surface area contributed by atoms with Crippen molar-refractivity contribution in [2.45, 2.75) is 26.8 Å². The Hall–Kier alpha value is -1.51. The molecule has 0 fully saturated rings. The Morgan fingerprint density at radius 3 is 2.60 bits per heavy atom. The molecule has 3 nitrogen and oxygen atoms in total. The van der Waals surface area contributed by atoms with Crippen molar-refractivity contribution in [3.05, 3.63) is 29.8 Å². The summed E-state index contributed by atoms with van der Waals surface area (Å²) in [6.07, 6.45) is 0. The van der Waals surface area contributed by atoms with Gasteiger partial charge in [0.1, 0.15) is 0 Å². The van der Waals surface area contributed by atoms with Crippen molar-refractivity contribution in [1.29, 1.82) is 0 Å². The van der Waals surface area contributed by atoms with Gasteiger partial charge < -0.3 is 10.6 Å². The third kappa shape index (κ3) is 4.02. The molecule has 0 saturated carbocycles. The van der Waals surface area contributed by atoms with Crippen LogP contribution in [-0.4, -0.2) is 18.5 Å². The third-order valence-electron chi connectivity index (χ3n) is 2.03. The first kappa shape index (κ1) is 11.6. The Bertz CT molecular complexity index is 334. The van der Waals surface area contributed by atoms with Crippen LogP contribution in [0.15, 0.2) is 24.3 Å². The second-order valence-electron chi connectivity index (χ2n) is 3.89. The van der Waals surface area contributed by atoms with E-state index in [0.717, 1.165) is 11.3 Å². The van der Waals surface area contributed by atoms with E-state index < -0.39 is 0 Å². The highest BCUT2D eigenvalue weighted by Gasteiger charge is 2.03. The van der Waals surface area contributed by atoms with Gasteiger partial charge in [-0.05, 0) is 32.4 Å². The van der Waals surface area contributed by atoms with E-state index in [2.05, 4.69) is 10.6 Å². The van der Waals surface area contributed by atoms with Gasteiger partial charge in [-0.15, -0.1) is 0 Å². The van der Waals surface area contributed by atoms with E-state index in [9.17, 15) is 4.79 Å². The molecule has 1 rings (SSSR count). The molecule has 3 heteroatoms. The van der Waals surface area contributed by atoms with Gasteiger partial charge >= 0.3 is 0 Å². The Labute approximate surface area is 90.9 Å². The number of benzene rings is 1. The second-order valence-corrected chi connectivity index (χ2v) is 3.89.